The summed E-state index contributed by atoms with van der Waals surface area (Å²) in [6.45, 7) is 0.669. The average molecular weight is 370 g/mol. The Morgan fingerprint density at radius 3 is 2.57 bits per heavy atom. The number of hydrogen-bond donors (Lipinski definition) is 0. The van der Waals surface area contributed by atoms with E-state index >= 15 is 0 Å². The van der Waals surface area contributed by atoms with Crippen molar-refractivity contribution in [2.45, 2.75) is 6.54 Å². The van der Waals surface area contributed by atoms with Gasteiger partial charge in [-0.3, -0.25) is 0 Å². The highest BCUT2D eigenvalue weighted by atomic mass is 79.9. The predicted octanol–water partition coefficient (Wildman–Crippen LogP) is 3.40. The van der Waals surface area contributed by atoms with E-state index in [2.05, 4.69) is 20.9 Å². The highest BCUT2D eigenvalue weighted by Crippen LogP contribution is 2.16. The predicted molar refractivity (Wildman–Crippen MR) is 89.1 cm³/mol. The number of nitrogens with zero attached hydrogens (tertiary/aromatic N) is 2. The molecule has 1 heterocycles. The lowest BCUT2D eigenvalue weighted by Crippen LogP contribution is -2.35. The Kier molecular flexibility index (Phi) is 4.78. The van der Waals surface area contributed by atoms with Crippen molar-refractivity contribution in [3.05, 3.63) is 88.9 Å². The number of esters is 1. The van der Waals surface area contributed by atoms with E-state index in [1.807, 2.05) is 53.2 Å². The van der Waals surface area contributed by atoms with Crippen LogP contribution in [0.5, 0.6) is 5.75 Å². The van der Waals surface area contributed by atoms with Crippen LogP contribution in [0.1, 0.15) is 16.1 Å². The van der Waals surface area contributed by atoms with Crippen LogP contribution in [0.15, 0.2) is 77.7 Å². The van der Waals surface area contributed by atoms with Gasteiger partial charge in [0.2, 0.25) is 11.9 Å². The summed E-state index contributed by atoms with van der Waals surface area (Å²) in [6, 6.07) is 17.1. The molecule has 0 unspecified atom stereocenters. The summed E-state index contributed by atoms with van der Waals surface area (Å²) in [5.74, 6) is 0.00759. The standard InChI is InChI=1S/C18H14BrN2O2/c19-15-6-8-16(9-7-15)23-18(22)17-13-21(11-10-20-17)12-14-4-2-1-3-5-14/h1-11,13H,12H2/q+1. The lowest BCUT2D eigenvalue weighted by Gasteiger charge is -2.03. The SMILES string of the molecule is O=C(Oc1ccc(Br)cc1)c1c[n+](Cc2ccccc2)ccn1. The van der Waals surface area contributed by atoms with Crippen molar-refractivity contribution in [3.8, 4) is 5.75 Å². The van der Waals surface area contributed by atoms with Crippen molar-refractivity contribution < 1.29 is 14.1 Å². The van der Waals surface area contributed by atoms with Gasteiger partial charge >= 0.3 is 5.97 Å². The first-order valence-electron chi connectivity index (χ1n) is 7.07. The molecule has 2 aromatic carbocycles. The van der Waals surface area contributed by atoms with E-state index in [9.17, 15) is 4.79 Å². The molecule has 4 nitrogen and oxygen atoms in total. The van der Waals surface area contributed by atoms with Crippen molar-refractivity contribution in [1.29, 1.82) is 0 Å². The second-order valence-corrected chi connectivity index (χ2v) is 5.86. The number of halogens is 1. The van der Waals surface area contributed by atoms with Crippen molar-refractivity contribution in [3.63, 3.8) is 0 Å². The second-order valence-electron chi connectivity index (χ2n) is 4.94. The highest BCUT2D eigenvalue weighted by Gasteiger charge is 2.15. The van der Waals surface area contributed by atoms with Gasteiger partial charge in [-0.15, -0.1) is 0 Å². The van der Waals surface area contributed by atoms with E-state index in [1.54, 1.807) is 24.5 Å². The average Bonchev–Trinajstić information content (AvgIpc) is 2.58. The summed E-state index contributed by atoms with van der Waals surface area (Å²) in [4.78, 5) is 16.3. The molecule has 0 aliphatic rings. The molecule has 23 heavy (non-hydrogen) atoms. The van der Waals surface area contributed by atoms with Crippen LogP contribution in [0.3, 0.4) is 0 Å². The maximum absolute atomic E-state index is 12.2. The van der Waals surface area contributed by atoms with Crippen LogP contribution in [0.2, 0.25) is 0 Å². The van der Waals surface area contributed by atoms with Crippen molar-refractivity contribution in [1.82, 2.24) is 4.98 Å². The molecule has 5 heteroatoms. The minimum absolute atomic E-state index is 0.270. The molecular weight excluding hydrogens is 356 g/mol. The molecule has 0 saturated heterocycles. The van der Waals surface area contributed by atoms with Gasteiger partial charge in [0, 0.05) is 10.0 Å². The Labute approximate surface area is 142 Å². The molecule has 0 aliphatic heterocycles. The Balaban J connectivity index is 1.73. The molecule has 3 aromatic rings. The summed E-state index contributed by atoms with van der Waals surface area (Å²) in [6.07, 6.45) is 5.11. The molecule has 0 spiro atoms. The van der Waals surface area contributed by atoms with E-state index in [4.69, 9.17) is 4.74 Å². The highest BCUT2D eigenvalue weighted by molar-refractivity contribution is 9.10. The first kappa shape index (κ1) is 15.4. The maximum atomic E-state index is 12.2. The van der Waals surface area contributed by atoms with Crippen molar-refractivity contribution in [2.24, 2.45) is 0 Å². The molecule has 0 N–H and O–H groups in total. The molecule has 114 valence electrons. The van der Waals surface area contributed by atoms with Crippen LogP contribution in [-0.2, 0) is 6.54 Å². The van der Waals surface area contributed by atoms with Gasteiger partial charge in [-0.1, -0.05) is 46.3 Å². The van der Waals surface area contributed by atoms with E-state index in [0.29, 0.717) is 12.3 Å². The molecule has 0 aliphatic carbocycles. The van der Waals surface area contributed by atoms with Crippen LogP contribution in [0.4, 0.5) is 0 Å². The molecular formula is C18H14BrN2O2+. The quantitative estimate of drug-likeness (QED) is 0.402. The first-order valence-corrected chi connectivity index (χ1v) is 7.87. The lowest BCUT2D eigenvalue weighted by atomic mass is 10.2. The number of benzene rings is 2. The van der Waals surface area contributed by atoms with E-state index in [1.165, 1.54) is 0 Å². The number of hydrogen-bond acceptors (Lipinski definition) is 3. The Morgan fingerprint density at radius 2 is 1.83 bits per heavy atom. The number of rotatable bonds is 4. The summed E-state index contributed by atoms with van der Waals surface area (Å²) in [5, 5.41) is 0. The van der Waals surface area contributed by atoms with Gasteiger partial charge in [-0.25, -0.2) is 9.78 Å². The van der Waals surface area contributed by atoms with Gasteiger partial charge in [0.05, 0.1) is 6.20 Å². The normalized spacial score (nSPS) is 10.3. The van der Waals surface area contributed by atoms with Gasteiger partial charge in [0.15, 0.2) is 12.7 Å². The third-order valence-corrected chi connectivity index (χ3v) is 3.73. The van der Waals surface area contributed by atoms with E-state index in [0.717, 1.165) is 10.0 Å². The van der Waals surface area contributed by atoms with Gasteiger partial charge in [-0.2, -0.15) is 4.57 Å². The molecule has 3 rings (SSSR count). The number of carbonyl (C=O) groups excluding carboxylic acids is 1. The largest absolute Gasteiger partial charge is 0.422 e. The summed E-state index contributed by atoms with van der Waals surface area (Å²) < 4.78 is 8.16. The number of carbonyl (C=O) groups is 1. The zero-order valence-corrected chi connectivity index (χ0v) is 13.8. The van der Waals surface area contributed by atoms with Crippen LogP contribution in [0, 0.1) is 0 Å². The van der Waals surface area contributed by atoms with Crippen LogP contribution < -0.4 is 9.30 Å². The fourth-order valence-electron chi connectivity index (χ4n) is 2.09. The molecule has 0 atom stereocenters. The number of aromatic nitrogens is 2. The third-order valence-electron chi connectivity index (χ3n) is 3.20. The maximum Gasteiger partial charge on any atom is 0.368 e. The molecule has 0 bridgehead atoms. The Hall–Kier alpha value is -2.53. The molecule has 0 saturated carbocycles. The summed E-state index contributed by atoms with van der Waals surface area (Å²) >= 11 is 3.34. The first-order chi connectivity index (χ1) is 11.2. The van der Waals surface area contributed by atoms with Crippen LogP contribution in [0.25, 0.3) is 0 Å². The van der Waals surface area contributed by atoms with Crippen LogP contribution >= 0.6 is 15.9 Å². The van der Waals surface area contributed by atoms with Gasteiger partial charge < -0.3 is 4.74 Å². The minimum Gasteiger partial charge on any atom is -0.422 e. The fourth-order valence-corrected chi connectivity index (χ4v) is 2.36. The second kappa shape index (κ2) is 7.15. The van der Waals surface area contributed by atoms with Crippen molar-refractivity contribution >= 4 is 21.9 Å². The molecule has 0 amide bonds. The smallest absolute Gasteiger partial charge is 0.368 e. The van der Waals surface area contributed by atoms with Crippen molar-refractivity contribution in [2.75, 3.05) is 0 Å². The van der Waals surface area contributed by atoms with Gasteiger partial charge in [0.25, 0.3) is 0 Å². The third kappa shape index (κ3) is 4.23. The monoisotopic (exact) mass is 369 g/mol. The lowest BCUT2D eigenvalue weighted by molar-refractivity contribution is -0.689. The molecule has 1 aromatic heterocycles. The summed E-state index contributed by atoms with van der Waals surface area (Å²) in [7, 11) is 0. The van der Waals surface area contributed by atoms with Crippen LogP contribution in [-0.4, -0.2) is 11.0 Å². The van der Waals surface area contributed by atoms with Gasteiger partial charge in [0.1, 0.15) is 5.75 Å². The zero-order valence-electron chi connectivity index (χ0n) is 12.2. The topological polar surface area (TPSA) is 43.1 Å². The molecule has 0 radical (unpaired) electrons. The van der Waals surface area contributed by atoms with E-state index in [-0.39, 0.29) is 5.69 Å². The van der Waals surface area contributed by atoms with E-state index < -0.39 is 5.97 Å². The Morgan fingerprint density at radius 1 is 1.09 bits per heavy atom. The number of ether oxygens (including phenoxy) is 1. The summed E-state index contributed by atoms with van der Waals surface area (Å²) in [5.41, 5.74) is 1.42. The Bertz CT molecular complexity index is 805. The minimum atomic E-state index is -0.477. The molecule has 0 fully saturated rings. The fraction of sp³-hybridized carbons (Fsp3) is 0.0556. The van der Waals surface area contributed by atoms with Gasteiger partial charge in [-0.05, 0) is 24.3 Å². The zero-order chi connectivity index (χ0) is 16.1.